The molecule has 0 spiro atoms. The van der Waals surface area contributed by atoms with Gasteiger partial charge in [-0.2, -0.15) is 0 Å². The molecule has 20 heavy (non-hydrogen) atoms. The van der Waals surface area contributed by atoms with Gasteiger partial charge in [-0.15, -0.1) is 0 Å². The minimum Gasteiger partial charge on any atom is -0.484 e. The Morgan fingerprint density at radius 3 is 2.80 bits per heavy atom. The molecule has 0 saturated carbocycles. The van der Waals surface area contributed by atoms with E-state index in [1.165, 1.54) is 11.1 Å². The minimum absolute atomic E-state index is 0.0349. The molecule has 0 bridgehead atoms. The van der Waals surface area contributed by atoms with Crippen molar-refractivity contribution in [3.8, 4) is 5.75 Å². The Hall–Kier alpha value is -1.55. The summed E-state index contributed by atoms with van der Waals surface area (Å²) in [6.07, 6.45) is 0.278. The maximum atomic E-state index is 11.9. The number of nitrogens with zero attached hydrogens (tertiary/aromatic N) is 1. The van der Waals surface area contributed by atoms with E-state index in [-0.39, 0.29) is 18.6 Å². The molecule has 0 radical (unpaired) electrons. The molecule has 1 aliphatic rings. The quantitative estimate of drug-likeness (QED) is 0.917. The highest BCUT2D eigenvalue weighted by molar-refractivity contribution is 5.78. The van der Waals surface area contributed by atoms with Crippen LogP contribution in [-0.4, -0.2) is 41.7 Å². The zero-order valence-corrected chi connectivity index (χ0v) is 12.4. The standard InChI is InChI=1S/C16H23NO3/c1-11(2)15-5-4-14(8-12(15)3)20-10-16(19)17-7-6-13(18)9-17/h4-5,8,11,13,18H,6-7,9-10H2,1-3H3/t13-/m1/s1. The van der Waals surface area contributed by atoms with Crippen molar-refractivity contribution in [2.75, 3.05) is 19.7 Å². The Kier molecular flexibility index (Phi) is 4.65. The van der Waals surface area contributed by atoms with Crippen LogP contribution >= 0.6 is 0 Å². The highest BCUT2D eigenvalue weighted by Crippen LogP contribution is 2.23. The van der Waals surface area contributed by atoms with Crippen LogP contribution in [-0.2, 0) is 4.79 Å². The van der Waals surface area contributed by atoms with E-state index < -0.39 is 0 Å². The van der Waals surface area contributed by atoms with Gasteiger partial charge in [0.05, 0.1) is 6.10 Å². The van der Waals surface area contributed by atoms with Gasteiger partial charge >= 0.3 is 0 Å². The van der Waals surface area contributed by atoms with E-state index >= 15 is 0 Å². The highest BCUT2D eigenvalue weighted by Gasteiger charge is 2.24. The summed E-state index contributed by atoms with van der Waals surface area (Å²) >= 11 is 0. The van der Waals surface area contributed by atoms with Gasteiger partial charge in [-0.1, -0.05) is 19.9 Å². The highest BCUT2D eigenvalue weighted by atomic mass is 16.5. The first-order valence-corrected chi connectivity index (χ1v) is 7.16. The summed E-state index contributed by atoms with van der Waals surface area (Å²) in [4.78, 5) is 13.6. The van der Waals surface area contributed by atoms with E-state index in [4.69, 9.17) is 4.74 Å². The number of hydrogen-bond donors (Lipinski definition) is 1. The first kappa shape index (κ1) is 14.9. The van der Waals surface area contributed by atoms with Crippen molar-refractivity contribution in [1.82, 2.24) is 4.90 Å². The molecule has 4 heteroatoms. The molecule has 1 heterocycles. The largest absolute Gasteiger partial charge is 0.484 e. The van der Waals surface area contributed by atoms with Gasteiger partial charge < -0.3 is 14.7 Å². The van der Waals surface area contributed by atoms with Crippen LogP contribution in [0.4, 0.5) is 0 Å². The molecule has 1 amide bonds. The van der Waals surface area contributed by atoms with Crippen LogP contribution < -0.4 is 4.74 Å². The predicted octanol–water partition coefficient (Wildman–Crippen LogP) is 2.09. The molecule has 110 valence electrons. The molecule has 0 aliphatic carbocycles. The maximum absolute atomic E-state index is 11.9. The summed E-state index contributed by atoms with van der Waals surface area (Å²) in [6, 6.07) is 5.94. The molecule has 1 atom stereocenters. The zero-order chi connectivity index (χ0) is 14.7. The van der Waals surface area contributed by atoms with Gasteiger partial charge in [0.25, 0.3) is 5.91 Å². The van der Waals surface area contributed by atoms with Crippen molar-refractivity contribution >= 4 is 5.91 Å². The number of carbonyl (C=O) groups excluding carboxylic acids is 1. The van der Waals surface area contributed by atoms with Crippen molar-refractivity contribution in [2.24, 2.45) is 0 Å². The lowest BCUT2D eigenvalue weighted by molar-refractivity contribution is -0.132. The number of carbonyl (C=O) groups is 1. The molecule has 1 N–H and O–H groups in total. The number of likely N-dealkylation sites (tertiary alicyclic amines) is 1. The number of aryl methyl sites for hydroxylation is 1. The van der Waals surface area contributed by atoms with Crippen molar-refractivity contribution in [2.45, 2.75) is 39.2 Å². The fourth-order valence-electron chi connectivity index (χ4n) is 2.59. The summed E-state index contributed by atoms with van der Waals surface area (Å²) in [7, 11) is 0. The smallest absolute Gasteiger partial charge is 0.260 e. The van der Waals surface area contributed by atoms with Gasteiger partial charge in [-0.05, 0) is 42.5 Å². The normalized spacial score (nSPS) is 18.6. The van der Waals surface area contributed by atoms with Gasteiger partial charge in [0.15, 0.2) is 6.61 Å². The Morgan fingerprint density at radius 2 is 2.25 bits per heavy atom. The third-order valence-corrected chi connectivity index (χ3v) is 3.74. The molecule has 4 nitrogen and oxygen atoms in total. The second kappa shape index (κ2) is 6.27. The van der Waals surface area contributed by atoms with Crippen molar-refractivity contribution in [3.63, 3.8) is 0 Å². The molecule has 2 rings (SSSR count). The molecular formula is C16H23NO3. The molecule has 1 aromatic carbocycles. The predicted molar refractivity (Wildman–Crippen MR) is 78.0 cm³/mol. The van der Waals surface area contributed by atoms with Gasteiger partial charge in [0, 0.05) is 13.1 Å². The molecule has 0 unspecified atom stereocenters. The first-order valence-electron chi connectivity index (χ1n) is 7.16. The topological polar surface area (TPSA) is 49.8 Å². The van der Waals surface area contributed by atoms with E-state index in [9.17, 15) is 9.90 Å². The molecule has 1 aromatic rings. The summed E-state index contributed by atoms with van der Waals surface area (Å²) in [5.74, 6) is 1.14. The number of benzene rings is 1. The lowest BCUT2D eigenvalue weighted by Crippen LogP contribution is -2.33. The van der Waals surface area contributed by atoms with Crippen LogP contribution in [0.1, 0.15) is 37.3 Å². The number of aliphatic hydroxyl groups excluding tert-OH is 1. The number of β-amino-alcohol motifs (C(OH)–C–C–N with tert-alkyl or cyclic N) is 1. The van der Waals surface area contributed by atoms with Crippen molar-refractivity contribution in [3.05, 3.63) is 29.3 Å². The van der Waals surface area contributed by atoms with Crippen LogP contribution in [0, 0.1) is 6.92 Å². The second-order valence-corrected chi connectivity index (χ2v) is 5.74. The minimum atomic E-state index is -0.383. The fraction of sp³-hybridized carbons (Fsp3) is 0.562. The second-order valence-electron chi connectivity index (χ2n) is 5.74. The summed E-state index contributed by atoms with van der Waals surface area (Å²) in [5.41, 5.74) is 2.48. The first-order chi connectivity index (χ1) is 9.47. The Morgan fingerprint density at radius 1 is 1.50 bits per heavy atom. The summed E-state index contributed by atoms with van der Waals surface area (Å²) in [6.45, 7) is 7.45. The van der Waals surface area contributed by atoms with E-state index in [0.717, 1.165) is 5.75 Å². The van der Waals surface area contributed by atoms with E-state index in [1.54, 1.807) is 4.90 Å². The van der Waals surface area contributed by atoms with E-state index in [0.29, 0.717) is 25.4 Å². The zero-order valence-electron chi connectivity index (χ0n) is 12.4. The van der Waals surface area contributed by atoms with Crippen molar-refractivity contribution in [1.29, 1.82) is 0 Å². The Bertz CT molecular complexity index is 485. The number of aliphatic hydroxyl groups is 1. The average molecular weight is 277 g/mol. The van der Waals surface area contributed by atoms with E-state index in [1.807, 2.05) is 12.1 Å². The Balaban J connectivity index is 1.91. The van der Waals surface area contributed by atoms with Gasteiger partial charge in [0.1, 0.15) is 5.75 Å². The van der Waals surface area contributed by atoms with Gasteiger partial charge in [0.2, 0.25) is 0 Å². The van der Waals surface area contributed by atoms with E-state index in [2.05, 4.69) is 26.8 Å². The van der Waals surface area contributed by atoms with Crippen LogP contribution in [0.15, 0.2) is 18.2 Å². The SMILES string of the molecule is Cc1cc(OCC(=O)N2CC[C@@H](O)C2)ccc1C(C)C. The third-order valence-electron chi connectivity index (χ3n) is 3.74. The summed E-state index contributed by atoms with van der Waals surface area (Å²) < 4.78 is 5.56. The van der Waals surface area contributed by atoms with Crippen LogP contribution in [0.2, 0.25) is 0 Å². The van der Waals surface area contributed by atoms with Crippen LogP contribution in [0.5, 0.6) is 5.75 Å². The lowest BCUT2D eigenvalue weighted by atomic mass is 9.98. The van der Waals surface area contributed by atoms with Crippen LogP contribution in [0.3, 0.4) is 0 Å². The number of rotatable bonds is 4. The molecule has 1 saturated heterocycles. The Labute approximate surface area is 120 Å². The molecule has 0 aromatic heterocycles. The monoisotopic (exact) mass is 277 g/mol. The molecule has 1 fully saturated rings. The van der Waals surface area contributed by atoms with Crippen molar-refractivity contribution < 1.29 is 14.6 Å². The number of ether oxygens (including phenoxy) is 1. The summed E-state index contributed by atoms with van der Waals surface area (Å²) in [5, 5.41) is 9.42. The van der Waals surface area contributed by atoms with Gasteiger partial charge in [-0.25, -0.2) is 0 Å². The maximum Gasteiger partial charge on any atom is 0.260 e. The number of amides is 1. The molecular weight excluding hydrogens is 254 g/mol. The van der Waals surface area contributed by atoms with Gasteiger partial charge in [-0.3, -0.25) is 4.79 Å². The fourth-order valence-corrected chi connectivity index (χ4v) is 2.59. The lowest BCUT2D eigenvalue weighted by Gasteiger charge is -2.16. The van der Waals surface area contributed by atoms with Crippen LogP contribution in [0.25, 0.3) is 0 Å². The molecule has 1 aliphatic heterocycles. The third kappa shape index (κ3) is 3.51. The average Bonchev–Trinajstić information content (AvgIpc) is 2.82. The number of hydrogen-bond acceptors (Lipinski definition) is 3.